The van der Waals surface area contributed by atoms with Crippen LogP contribution in [0.25, 0.3) is 10.9 Å². The van der Waals surface area contributed by atoms with E-state index in [1.807, 2.05) is 12.1 Å². The number of piperidine rings is 1. The average Bonchev–Trinajstić information content (AvgIpc) is 2.90. The normalized spacial score (nSPS) is 15.6. The number of benzene rings is 2. The second kappa shape index (κ2) is 12.3. The Hall–Kier alpha value is -2.85. The molecule has 4 rings (SSSR count). The molecule has 1 aromatic heterocycles. The zero-order chi connectivity index (χ0) is 27.3. The number of aromatic nitrogens is 1. The molecule has 0 bridgehead atoms. The van der Waals surface area contributed by atoms with Gasteiger partial charge in [0.25, 0.3) is 0 Å². The minimum atomic E-state index is -0.955. The lowest BCUT2D eigenvalue weighted by Crippen LogP contribution is -2.45. The van der Waals surface area contributed by atoms with Crippen LogP contribution in [-0.4, -0.2) is 53.5 Å². The fourth-order valence-corrected chi connectivity index (χ4v) is 6.08. The molecular formula is C28H30F4N2O3S. The second-order valence-corrected chi connectivity index (χ2v) is 10.7. The fourth-order valence-electron chi connectivity index (χ4n) is 5.13. The molecule has 0 unspecified atom stereocenters. The van der Waals surface area contributed by atoms with E-state index in [4.69, 9.17) is 4.74 Å². The highest BCUT2D eigenvalue weighted by molar-refractivity contribution is 7.99. The van der Waals surface area contributed by atoms with Crippen molar-refractivity contribution >= 4 is 28.6 Å². The Morgan fingerprint density at radius 3 is 2.50 bits per heavy atom. The number of carboxylic acids is 1. The van der Waals surface area contributed by atoms with Crippen LogP contribution in [0.1, 0.15) is 36.8 Å². The average molecular weight is 551 g/mol. The van der Waals surface area contributed by atoms with Crippen molar-refractivity contribution in [3.05, 3.63) is 65.1 Å². The molecule has 10 heteroatoms. The van der Waals surface area contributed by atoms with Crippen LogP contribution in [0.4, 0.5) is 17.6 Å². The van der Waals surface area contributed by atoms with Crippen molar-refractivity contribution in [1.82, 2.24) is 9.88 Å². The van der Waals surface area contributed by atoms with E-state index < -0.39 is 35.5 Å². The first kappa shape index (κ1) is 28.2. The minimum Gasteiger partial charge on any atom is -0.497 e. The van der Waals surface area contributed by atoms with E-state index in [2.05, 4.69) is 9.88 Å². The van der Waals surface area contributed by atoms with Crippen LogP contribution in [0.15, 0.2) is 41.4 Å². The highest BCUT2D eigenvalue weighted by atomic mass is 32.2. The summed E-state index contributed by atoms with van der Waals surface area (Å²) in [5, 5.41) is 10.9. The number of carboxylic acid groups (broad SMARTS) is 1. The Morgan fingerprint density at radius 2 is 1.87 bits per heavy atom. The largest absolute Gasteiger partial charge is 0.497 e. The molecule has 0 radical (unpaired) electrons. The number of methoxy groups -OCH3 is 1. The molecule has 5 nitrogen and oxygen atoms in total. The van der Waals surface area contributed by atoms with Crippen LogP contribution in [-0.2, 0) is 17.9 Å². The molecule has 0 aliphatic carbocycles. The quantitative estimate of drug-likeness (QED) is 0.220. The number of aryl methyl sites for hydroxylation is 1. The van der Waals surface area contributed by atoms with Gasteiger partial charge in [0.1, 0.15) is 29.9 Å². The molecule has 3 aromatic rings. The van der Waals surface area contributed by atoms with Crippen LogP contribution < -0.4 is 4.74 Å². The number of nitrogens with zero attached hydrogens (tertiary/aromatic N) is 2. The Bertz CT molecular complexity index is 1270. The smallest absolute Gasteiger partial charge is 0.309 e. The van der Waals surface area contributed by atoms with Crippen LogP contribution in [0.3, 0.4) is 0 Å². The number of pyridine rings is 1. The summed E-state index contributed by atoms with van der Waals surface area (Å²) < 4.78 is 59.9. The summed E-state index contributed by atoms with van der Waals surface area (Å²) in [5.41, 5.74) is 1.18. The number of carbonyl (C=O) groups is 1. The maximum Gasteiger partial charge on any atom is 0.309 e. The molecule has 38 heavy (non-hydrogen) atoms. The molecule has 2 heterocycles. The number of aliphatic carboxylic acids is 1. The maximum atomic E-state index is 13.9. The molecule has 0 spiro atoms. The topological polar surface area (TPSA) is 62.7 Å². The van der Waals surface area contributed by atoms with Crippen molar-refractivity contribution in [1.29, 1.82) is 0 Å². The van der Waals surface area contributed by atoms with Gasteiger partial charge in [-0.3, -0.25) is 9.78 Å². The number of thioether (sulfide) groups is 1. The van der Waals surface area contributed by atoms with Gasteiger partial charge < -0.3 is 14.7 Å². The second-order valence-electron chi connectivity index (χ2n) is 9.61. The Labute approximate surface area is 223 Å². The van der Waals surface area contributed by atoms with E-state index >= 15 is 0 Å². The number of likely N-dealkylation sites (tertiary alicyclic amines) is 1. The van der Waals surface area contributed by atoms with Gasteiger partial charge in [0.15, 0.2) is 0 Å². The van der Waals surface area contributed by atoms with Gasteiger partial charge in [0.2, 0.25) is 0 Å². The summed E-state index contributed by atoms with van der Waals surface area (Å²) in [6, 6.07) is 6.78. The lowest BCUT2D eigenvalue weighted by molar-refractivity contribution is -0.152. The molecule has 0 amide bonds. The Morgan fingerprint density at radius 1 is 1.16 bits per heavy atom. The van der Waals surface area contributed by atoms with Gasteiger partial charge in [-0.2, -0.15) is 0 Å². The summed E-state index contributed by atoms with van der Waals surface area (Å²) in [5.74, 6) is -2.60. The SMILES string of the molecule is COc1ccc2ncc(CF)c(CCCC3(C(=O)O)CCN(CCSc4c(F)cc(F)cc4F)CC3)c2c1. The van der Waals surface area contributed by atoms with Gasteiger partial charge in [-0.15, -0.1) is 11.8 Å². The number of fused-ring (bicyclic) bond motifs is 1. The maximum absolute atomic E-state index is 13.9. The van der Waals surface area contributed by atoms with E-state index in [0.29, 0.717) is 80.9 Å². The first-order chi connectivity index (χ1) is 18.3. The monoisotopic (exact) mass is 550 g/mol. The van der Waals surface area contributed by atoms with Crippen LogP contribution >= 0.6 is 11.8 Å². The molecule has 204 valence electrons. The van der Waals surface area contributed by atoms with E-state index in [9.17, 15) is 27.5 Å². The van der Waals surface area contributed by atoms with E-state index in [1.165, 1.54) is 6.20 Å². The third-order valence-corrected chi connectivity index (χ3v) is 8.45. The third kappa shape index (κ3) is 6.23. The van der Waals surface area contributed by atoms with Gasteiger partial charge in [-0.25, -0.2) is 17.6 Å². The van der Waals surface area contributed by atoms with Gasteiger partial charge in [-0.05, 0) is 69.0 Å². The molecule has 1 fully saturated rings. The molecule has 1 aliphatic heterocycles. The van der Waals surface area contributed by atoms with Gasteiger partial charge >= 0.3 is 5.97 Å². The van der Waals surface area contributed by atoms with Crippen LogP contribution in [0, 0.1) is 22.9 Å². The number of halogens is 4. The number of rotatable bonds is 11. The Balaban J connectivity index is 1.35. The van der Waals surface area contributed by atoms with Gasteiger partial charge in [0.05, 0.1) is 22.9 Å². The molecule has 1 N–H and O–H groups in total. The third-order valence-electron chi connectivity index (χ3n) is 7.39. The highest BCUT2D eigenvalue weighted by Gasteiger charge is 2.40. The first-order valence-corrected chi connectivity index (χ1v) is 13.5. The van der Waals surface area contributed by atoms with Crippen molar-refractivity contribution in [3.8, 4) is 5.75 Å². The van der Waals surface area contributed by atoms with E-state index in [-0.39, 0.29) is 4.90 Å². The van der Waals surface area contributed by atoms with E-state index in [0.717, 1.165) is 28.2 Å². The molecule has 0 saturated carbocycles. The van der Waals surface area contributed by atoms with Crippen molar-refractivity contribution < 1.29 is 32.2 Å². The fraction of sp³-hybridized carbons (Fsp3) is 0.429. The number of ether oxygens (including phenoxy) is 1. The number of hydrogen-bond donors (Lipinski definition) is 1. The summed E-state index contributed by atoms with van der Waals surface area (Å²) in [4.78, 5) is 18.5. The predicted molar refractivity (Wildman–Crippen MR) is 139 cm³/mol. The van der Waals surface area contributed by atoms with E-state index in [1.54, 1.807) is 13.2 Å². The molecule has 1 aliphatic rings. The summed E-state index contributed by atoms with van der Waals surface area (Å²) in [7, 11) is 1.56. The molecular weight excluding hydrogens is 520 g/mol. The number of hydrogen-bond acceptors (Lipinski definition) is 5. The predicted octanol–water partition coefficient (Wildman–Crippen LogP) is 6.41. The number of alkyl halides is 1. The lowest BCUT2D eigenvalue weighted by Gasteiger charge is -2.39. The summed E-state index contributed by atoms with van der Waals surface area (Å²) in [6.07, 6.45) is 4.00. The first-order valence-electron chi connectivity index (χ1n) is 12.5. The standard InChI is InChI=1S/C28H30F4N2O3S/c1-37-20-4-5-25-22(15-20)21(18(16-29)17-33-25)3-2-6-28(27(35)36)7-9-34(10-8-28)11-12-38-26-23(31)13-19(30)14-24(26)32/h4-5,13-15,17H,2-3,6-12,16H2,1H3,(H,35,36). The molecule has 2 aromatic carbocycles. The zero-order valence-electron chi connectivity index (χ0n) is 21.1. The van der Waals surface area contributed by atoms with Crippen molar-refractivity contribution in [2.24, 2.45) is 5.41 Å². The zero-order valence-corrected chi connectivity index (χ0v) is 21.9. The summed E-state index contributed by atoms with van der Waals surface area (Å²) >= 11 is 0.981. The van der Waals surface area contributed by atoms with Crippen LogP contribution in [0.5, 0.6) is 5.75 Å². The van der Waals surface area contributed by atoms with Gasteiger partial charge in [-0.1, -0.05) is 0 Å². The molecule has 1 saturated heterocycles. The lowest BCUT2D eigenvalue weighted by atomic mass is 9.74. The minimum absolute atomic E-state index is 0.211. The van der Waals surface area contributed by atoms with Crippen molar-refractivity contribution in [3.63, 3.8) is 0 Å². The van der Waals surface area contributed by atoms with Crippen molar-refractivity contribution in [2.75, 3.05) is 32.5 Å². The Kier molecular flexibility index (Phi) is 9.15. The summed E-state index contributed by atoms with van der Waals surface area (Å²) in [6.45, 7) is 0.971. The highest BCUT2D eigenvalue weighted by Crippen LogP contribution is 2.38. The van der Waals surface area contributed by atoms with Gasteiger partial charge in [0, 0.05) is 41.6 Å². The molecule has 0 atom stereocenters. The van der Waals surface area contributed by atoms with Crippen molar-refractivity contribution in [2.45, 2.75) is 43.7 Å². The van der Waals surface area contributed by atoms with Crippen LogP contribution in [0.2, 0.25) is 0 Å².